The summed E-state index contributed by atoms with van der Waals surface area (Å²) in [5.74, 6) is 0.724. The fourth-order valence-electron chi connectivity index (χ4n) is 2.83. The third kappa shape index (κ3) is 4.27. The Morgan fingerprint density at radius 1 is 1.30 bits per heavy atom. The second-order valence-electron chi connectivity index (χ2n) is 5.59. The van der Waals surface area contributed by atoms with Crippen LogP contribution in [0.2, 0.25) is 5.02 Å². The molecule has 0 N–H and O–H groups in total. The summed E-state index contributed by atoms with van der Waals surface area (Å²) < 4.78 is 28.7. The quantitative estimate of drug-likeness (QED) is 0.758. The van der Waals surface area contributed by atoms with Gasteiger partial charge in [0.25, 0.3) is 0 Å². The lowest BCUT2D eigenvalue weighted by atomic mass is 9.90. The first-order valence-electron chi connectivity index (χ1n) is 6.61. The van der Waals surface area contributed by atoms with Crippen LogP contribution in [0.3, 0.4) is 0 Å². The van der Waals surface area contributed by atoms with E-state index in [1.807, 2.05) is 19.1 Å². The van der Waals surface area contributed by atoms with Crippen LogP contribution in [0.15, 0.2) is 18.2 Å². The monoisotopic (exact) mass is 336 g/mol. The standard InChI is InChI=1S/C14H18Cl2O3S/c1-11-8-12(15)4-5-13(11)19-9-14(6-2-3-7-14)10-20(16,17)18/h4-5,8H,2-3,6-7,9-10H2,1H3. The van der Waals surface area contributed by atoms with Gasteiger partial charge in [0.2, 0.25) is 9.05 Å². The molecule has 0 amide bonds. The van der Waals surface area contributed by atoms with E-state index in [2.05, 4.69) is 0 Å². The summed E-state index contributed by atoms with van der Waals surface area (Å²) in [4.78, 5) is 0. The third-order valence-corrected chi connectivity index (χ3v) is 5.33. The van der Waals surface area contributed by atoms with E-state index in [0.29, 0.717) is 11.6 Å². The van der Waals surface area contributed by atoms with Crippen LogP contribution in [0.25, 0.3) is 0 Å². The highest BCUT2D eigenvalue weighted by Gasteiger charge is 2.38. The molecule has 1 aromatic carbocycles. The molecule has 0 heterocycles. The van der Waals surface area contributed by atoms with E-state index < -0.39 is 9.05 Å². The summed E-state index contributed by atoms with van der Waals surface area (Å²) in [5.41, 5.74) is 0.589. The van der Waals surface area contributed by atoms with Crippen molar-refractivity contribution in [2.24, 2.45) is 5.41 Å². The summed E-state index contributed by atoms with van der Waals surface area (Å²) in [5, 5.41) is 0.661. The maximum Gasteiger partial charge on any atom is 0.233 e. The minimum atomic E-state index is -3.52. The van der Waals surface area contributed by atoms with Crippen molar-refractivity contribution in [2.75, 3.05) is 12.4 Å². The Balaban J connectivity index is 2.09. The van der Waals surface area contributed by atoms with Crippen LogP contribution >= 0.6 is 22.3 Å². The summed E-state index contributed by atoms with van der Waals surface area (Å²) in [6.45, 7) is 2.29. The van der Waals surface area contributed by atoms with Gasteiger partial charge < -0.3 is 4.74 Å². The topological polar surface area (TPSA) is 43.4 Å². The molecular formula is C14H18Cl2O3S. The van der Waals surface area contributed by atoms with Crippen molar-refractivity contribution in [1.82, 2.24) is 0 Å². The summed E-state index contributed by atoms with van der Waals surface area (Å²) in [6.07, 6.45) is 3.72. The molecule has 0 radical (unpaired) electrons. The molecule has 2 rings (SSSR count). The molecule has 0 bridgehead atoms. The minimum absolute atomic E-state index is 0.0196. The van der Waals surface area contributed by atoms with E-state index >= 15 is 0 Å². The van der Waals surface area contributed by atoms with Crippen molar-refractivity contribution in [3.8, 4) is 5.75 Å². The number of hydrogen-bond donors (Lipinski definition) is 0. The Labute approximate surface area is 129 Å². The number of ether oxygens (including phenoxy) is 1. The van der Waals surface area contributed by atoms with Gasteiger partial charge in [-0.2, -0.15) is 0 Å². The van der Waals surface area contributed by atoms with E-state index in [9.17, 15) is 8.42 Å². The first-order chi connectivity index (χ1) is 9.30. The smallest absolute Gasteiger partial charge is 0.233 e. The van der Waals surface area contributed by atoms with Crippen LogP contribution in [0, 0.1) is 12.3 Å². The second-order valence-corrected chi connectivity index (χ2v) is 8.80. The largest absolute Gasteiger partial charge is 0.493 e. The third-order valence-electron chi connectivity index (χ3n) is 3.81. The molecule has 0 unspecified atom stereocenters. The predicted molar refractivity (Wildman–Crippen MR) is 82.2 cm³/mol. The van der Waals surface area contributed by atoms with Gasteiger partial charge in [0.15, 0.2) is 0 Å². The lowest BCUT2D eigenvalue weighted by molar-refractivity contribution is 0.170. The Kier molecular flexibility index (Phi) is 4.88. The van der Waals surface area contributed by atoms with Crippen molar-refractivity contribution in [2.45, 2.75) is 32.6 Å². The number of halogens is 2. The molecule has 112 valence electrons. The highest BCUT2D eigenvalue weighted by Crippen LogP contribution is 2.40. The molecule has 1 saturated carbocycles. The van der Waals surface area contributed by atoms with E-state index in [4.69, 9.17) is 27.0 Å². The van der Waals surface area contributed by atoms with Crippen LogP contribution in [-0.4, -0.2) is 20.8 Å². The first-order valence-corrected chi connectivity index (χ1v) is 9.47. The fourth-order valence-corrected chi connectivity index (χ4v) is 4.85. The molecule has 0 aromatic heterocycles. The molecule has 6 heteroatoms. The Morgan fingerprint density at radius 2 is 1.95 bits per heavy atom. The van der Waals surface area contributed by atoms with Gasteiger partial charge in [0.05, 0.1) is 12.4 Å². The molecule has 0 atom stereocenters. The van der Waals surface area contributed by atoms with Gasteiger partial charge in [-0.15, -0.1) is 0 Å². The molecule has 1 aliphatic carbocycles. The van der Waals surface area contributed by atoms with E-state index in [1.54, 1.807) is 6.07 Å². The van der Waals surface area contributed by atoms with Gasteiger partial charge in [-0.3, -0.25) is 0 Å². The Bertz CT molecular complexity index is 578. The molecule has 1 fully saturated rings. The number of benzene rings is 1. The average Bonchev–Trinajstić information content (AvgIpc) is 2.74. The second kappa shape index (κ2) is 6.12. The van der Waals surface area contributed by atoms with Gasteiger partial charge in [0.1, 0.15) is 5.75 Å². The molecule has 0 saturated heterocycles. The number of aryl methyl sites for hydroxylation is 1. The zero-order chi connectivity index (χ0) is 14.8. The van der Waals surface area contributed by atoms with Gasteiger partial charge in [0, 0.05) is 21.1 Å². The summed E-state index contributed by atoms with van der Waals surface area (Å²) in [7, 11) is 1.92. The van der Waals surface area contributed by atoms with Gasteiger partial charge in [-0.05, 0) is 43.5 Å². The molecule has 0 spiro atoms. The van der Waals surface area contributed by atoms with Crippen molar-refractivity contribution >= 4 is 31.3 Å². The lowest BCUT2D eigenvalue weighted by Crippen LogP contribution is -2.32. The highest BCUT2D eigenvalue weighted by atomic mass is 35.7. The van der Waals surface area contributed by atoms with Gasteiger partial charge >= 0.3 is 0 Å². The highest BCUT2D eigenvalue weighted by molar-refractivity contribution is 8.13. The maximum absolute atomic E-state index is 11.4. The number of hydrogen-bond acceptors (Lipinski definition) is 3. The fraction of sp³-hybridized carbons (Fsp3) is 0.571. The van der Waals surface area contributed by atoms with E-state index in [0.717, 1.165) is 37.0 Å². The molecule has 3 nitrogen and oxygen atoms in total. The lowest BCUT2D eigenvalue weighted by Gasteiger charge is -2.27. The van der Waals surface area contributed by atoms with Crippen LogP contribution in [0.5, 0.6) is 5.75 Å². The van der Waals surface area contributed by atoms with Crippen molar-refractivity contribution in [3.05, 3.63) is 28.8 Å². The average molecular weight is 337 g/mol. The Morgan fingerprint density at radius 3 is 2.50 bits per heavy atom. The molecule has 20 heavy (non-hydrogen) atoms. The molecule has 1 aliphatic rings. The van der Waals surface area contributed by atoms with Crippen LogP contribution in [-0.2, 0) is 9.05 Å². The Hall–Kier alpha value is -0.450. The zero-order valence-electron chi connectivity index (χ0n) is 11.4. The minimum Gasteiger partial charge on any atom is -0.493 e. The molecular weight excluding hydrogens is 319 g/mol. The molecule has 1 aromatic rings. The van der Waals surface area contributed by atoms with Crippen LogP contribution in [0.1, 0.15) is 31.2 Å². The molecule has 0 aliphatic heterocycles. The summed E-state index contributed by atoms with van der Waals surface area (Å²) in [6, 6.07) is 5.41. The van der Waals surface area contributed by atoms with Crippen molar-refractivity contribution < 1.29 is 13.2 Å². The SMILES string of the molecule is Cc1cc(Cl)ccc1OCC1(CS(=O)(=O)Cl)CCCC1. The van der Waals surface area contributed by atoms with E-state index in [-0.39, 0.29) is 11.2 Å². The first kappa shape index (κ1) is 15.9. The van der Waals surface area contributed by atoms with Gasteiger partial charge in [-0.25, -0.2) is 8.42 Å². The van der Waals surface area contributed by atoms with Crippen molar-refractivity contribution in [3.63, 3.8) is 0 Å². The maximum atomic E-state index is 11.4. The van der Waals surface area contributed by atoms with E-state index in [1.165, 1.54) is 0 Å². The number of rotatable bonds is 5. The van der Waals surface area contributed by atoms with Crippen molar-refractivity contribution in [1.29, 1.82) is 0 Å². The van der Waals surface area contributed by atoms with Crippen LogP contribution < -0.4 is 4.74 Å². The van der Waals surface area contributed by atoms with Crippen LogP contribution in [0.4, 0.5) is 0 Å². The normalized spacial score (nSPS) is 18.1. The predicted octanol–water partition coefficient (Wildman–Crippen LogP) is 4.16. The summed E-state index contributed by atoms with van der Waals surface area (Å²) >= 11 is 5.91. The van der Waals surface area contributed by atoms with Gasteiger partial charge in [-0.1, -0.05) is 24.4 Å². The zero-order valence-corrected chi connectivity index (χ0v) is 13.7.